The second kappa shape index (κ2) is 6.12. The Balaban J connectivity index is 3.23. The fraction of sp³-hybridized carbons (Fsp3) is 0.857. The molecular weight excluding hydrogens is 144 g/mol. The lowest BCUT2D eigenvalue weighted by Gasteiger charge is -2.07. The van der Waals surface area contributed by atoms with Crippen LogP contribution in [0.5, 0.6) is 0 Å². The van der Waals surface area contributed by atoms with Gasteiger partial charge in [-0.1, -0.05) is 0 Å². The van der Waals surface area contributed by atoms with E-state index in [9.17, 15) is 4.79 Å². The van der Waals surface area contributed by atoms with Crippen molar-refractivity contribution in [1.82, 2.24) is 5.32 Å². The molecule has 0 radical (unpaired) electrons. The molecule has 0 rings (SSSR count). The van der Waals surface area contributed by atoms with Crippen molar-refractivity contribution in [2.45, 2.75) is 26.4 Å². The highest BCUT2D eigenvalue weighted by molar-refractivity contribution is 5.76. The first kappa shape index (κ1) is 10.4. The van der Waals surface area contributed by atoms with Crippen LogP contribution in [0, 0.1) is 0 Å². The minimum Gasteiger partial charge on any atom is -0.381 e. The van der Waals surface area contributed by atoms with Gasteiger partial charge in [-0.25, -0.2) is 0 Å². The van der Waals surface area contributed by atoms with Crippen molar-refractivity contribution in [2.24, 2.45) is 5.73 Å². The fourth-order valence-electron chi connectivity index (χ4n) is 0.635. The molecule has 1 amide bonds. The molecule has 0 fully saturated rings. The Morgan fingerprint density at radius 3 is 2.82 bits per heavy atom. The van der Waals surface area contributed by atoms with E-state index in [0.717, 1.165) is 0 Å². The number of nitrogens with one attached hydrogen (secondary N) is 1. The molecule has 0 spiro atoms. The van der Waals surface area contributed by atoms with E-state index in [0.29, 0.717) is 19.6 Å². The van der Waals surface area contributed by atoms with Gasteiger partial charge in [-0.2, -0.15) is 0 Å². The van der Waals surface area contributed by atoms with Crippen molar-refractivity contribution in [3.05, 3.63) is 0 Å². The predicted molar refractivity (Wildman–Crippen MR) is 42.9 cm³/mol. The molecule has 0 aliphatic carbocycles. The summed E-state index contributed by atoms with van der Waals surface area (Å²) < 4.78 is 4.98. The van der Waals surface area contributed by atoms with Gasteiger partial charge in [0, 0.05) is 6.61 Å². The molecule has 0 aliphatic heterocycles. The standard InChI is InChI=1S/C7H16N2O2/c1-3-11-5-4-7(10)9-6(2)8/h6H,3-5,8H2,1-2H3,(H,9,10). The van der Waals surface area contributed by atoms with E-state index in [4.69, 9.17) is 10.5 Å². The molecular formula is C7H16N2O2. The maximum Gasteiger partial charge on any atom is 0.223 e. The van der Waals surface area contributed by atoms with Gasteiger partial charge in [-0.3, -0.25) is 4.79 Å². The summed E-state index contributed by atoms with van der Waals surface area (Å²) in [5.74, 6) is -0.0616. The molecule has 0 aromatic heterocycles. The summed E-state index contributed by atoms with van der Waals surface area (Å²) >= 11 is 0. The summed E-state index contributed by atoms with van der Waals surface area (Å²) in [6.07, 6.45) is 0.110. The number of hydrogen-bond acceptors (Lipinski definition) is 3. The number of nitrogens with two attached hydrogens (primary N) is 1. The first-order chi connectivity index (χ1) is 5.16. The first-order valence-corrected chi connectivity index (χ1v) is 3.79. The van der Waals surface area contributed by atoms with Crippen molar-refractivity contribution in [3.8, 4) is 0 Å². The Morgan fingerprint density at radius 1 is 1.73 bits per heavy atom. The Kier molecular flexibility index (Phi) is 5.78. The first-order valence-electron chi connectivity index (χ1n) is 3.79. The number of ether oxygens (including phenoxy) is 1. The van der Waals surface area contributed by atoms with E-state index in [1.54, 1.807) is 6.92 Å². The van der Waals surface area contributed by atoms with Gasteiger partial charge >= 0.3 is 0 Å². The van der Waals surface area contributed by atoms with Crippen LogP contribution in [-0.2, 0) is 9.53 Å². The predicted octanol–water partition coefficient (Wildman–Crippen LogP) is -0.166. The molecule has 0 aliphatic rings. The molecule has 66 valence electrons. The third-order valence-electron chi connectivity index (χ3n) is 1.07. The minimum absolute atomic E-state index is 0.0616. The van der Waals surface area contributed by atoms with Gasteiger partial charge in [0.25, 0.3) is 0 Å². The van der Waals surface area contributed by atoms with Crippen LogP contribution in [0.25, 0.3) is 0 Å². The van der Waals surface area contributed by atoms with E-state index in [1.165, 1.54) is 0 Å². The average molecular weight is 160 g/mol. The number of carbonyl (C=O) groups excluding carboxylic acids is 1. The van der Waals surface area contributed by atoms with Gasteiger partial charge in [0.1, 0.15) is 0 Å². The average Bonchev–Trinajstić information content (AvgIpc) is 1.86. The monoisotopic (exact) mass is 160 g/mol. The number of amides is 1. The molecule has 0 heterocycles. The van der Waals surface area contributed by atoms with Crippen molar-refractivity contribution < 1.29 is 9.53 Å². The van der Waals surface area contributed by atoms with Crippen LogP contribution in [0.3, 0.4) is 0 Å². The van der Waals surface area contributed by atoms with Crippen LogP contribution in [0.2, 0.25) is 0 Å². The Labute approximate surface area is 67.1 Å². The summed E-state index contributed by atoms with van der Waals surface area (Å²) in [6, 6.07) is 0. The Hall–Kier alpha value is -0.610. The largest absolute Gasteiger partial charge is 0.381 e. The van der Waals surface area contributed by atoms with Crippen molar-refractivity contribution in [3.63, 3.8) is 0 Å². The summed E-state index contributed by atoms with van der Waals surface area (Å²) in [5.41, 5.74) is 5.32. The smallest absolute Gasteiger partial charge is 0.223 e. The summed E-state index contributed by atoms with van der Waals surface area (Å²) in [4.78, 5) is 10.9. The minimum atomic E-state index is -0.274. The van der Waals surface area contributed by atoms with Gasteiger partial charge < -0.3 is 15.8 Å². The summed E-state index contributed by atoms with van der Waals surface area (Å²) in [5, 5.41) is 2.56. The normalized spacial score (nSPS) is 12.6. The Bertz CT molecular complexity index is 115. The quantitative estimate of drug-likeness (QED) is 0.433. The molecule has 1 unspecified atom stereocenters. The lowest BCUT2D eigenvalue weighted by molar-refractivity contribution is -0.122. The molecule has 1 atom stereocenters. The lowest BCUT2D eigenvalue weighted by atomic mass is 10.4. The molecule has 0 bridgehead atoms. The fourth-order valence-corrected chi connectivity index (χ4v) is 0.635. The zero-order chi connectivity index (χ0) is 8.69. The molecule has 0 saturated carbocycles. The highest BCUT2D eigenvalue weighted by Crippen LogP contribution is 1.82. The molecule has 4 nitrogen and oxygen atoms in total. The van der Waals surface area contributed by atoms with Crippen molar-refractivity contribution in [2.75, 3.05) is 13.2 Å². The van der Waals surface area contributed by atoms with Crippen molar-refractivity contribution >= 4 is 5.91 Å². The third kappa shape index (κ3) is 7.29. The lowest BCUT2D eigenvalue weighted by Crippen LogP contribution is -2.39. The van der Waals surface area contributed by atoms with Crippen LogP contribution >= 0.6 is 0 Å². The maximum absolute atomic E-state index is 10.9. The van der Waals surface area contributed by atoms with E-state index < -0.39 is 0 Å². The zero-order valence-corrected chi connectivity index (χ0v) is 7.09. The van der Waals surface area contributed by atoms with Crippen LogP contribution in [0.4, 0.5) is 0 Å². The van der Waals surface area contributed by atoms with E-state index in [1.807, 2.05) is 6.92 Å². The molecule has 3 N–H and O–H groups in total. The van der Waals surface area contributed by atoms with Crippen molar-refractivity contribution in [1.29, 1.82) is 0 Å². The van der Waals surface area contributed by atoms with Gasteiger partial charge in [-0.15, -0.1) is 0 Å². The zero-order valence-electron chi connectivity index (χ0n) is 7.09. The topological polar surface area (TPSA) is 64.3 Å². The van der Waals surface area contributed by atoms with Crippen LogP contribution in [-0.4, -0.2) is 25.3 Å². The third-order valence-corrected chi connectivity index (χ3v) is 1.07. The number of hydrogen-bond donors (Lipinski definition) is 2. The van der Waals surface area contributed by atoms with Gasteiger partial charge in [0.05, 0.1) is 19.2 Å². The SMILES string of the molecule is CCOCCC(=O)NC(C)N. The van der Waals surface area contributed by atoms with Crippen LogP contribution < -0.4 is 11.1 Å². The van der Waals surface area contributed by atoms with E-state index in [-0.39, 0.29) is 12.1 Å². The number of rotatable bonds is 5. The summed E-state index contributed by atoms with van der Waals surface area (Å²) in [7, 11) is 0. The van der Waals surface area contributed by atoms with E-state index in [2.05, 4.69) is 5.32 Å². The molecule has 0 saturated heterocycles. The van der Waals surface area contributed by atoms with Gasteiger partial charge in [0.2, 0.25) is 5.91 Å². The maximum atomic E-state index is 10.9. The highest BCUT2D eigenvalue weighted by Gasteiger charge is 2.01. The molecule has 11 heavy (non-hydrogen) atoms. The van der Waals surface area contributed by atoms with E-state index >= 15 is 0 Å². The molecule has 0 aromatic carbocycles. The Morgan fingerprint density at radius 2 is 2.36 bits per heavy atom. The van der Waals surface area contributed by atoms with Crippen LogP contribution in [0.15, 0.2) is 0 Å². The molecule has 4 heteroatoms. The molecule has 0 aromatic rings. The van der Waals surface area contributed by atoms with Gasteiger partial charge in [0.15, 0.2) is 0 Å². The second-order valence-corrected chi connectivity index (χ2v) is 2.30. The summed E-state index contributed by atoms with van der Waals surface area (Å²) in [6.45, 7) is 4.72. The van der Waals surface area contributed by atoms with Gasteiger partial charge in [-0.05, 0) is 13.8 Å². The highest BCUT2D eigenvalue weighted by atomic mass is 16.5. The second-order valence-electron chi connectivity index (χ2n) is 2.30. The number of carbonyl (C=O) groups is 1. The van der Waals surface area contributed by atoms with Crippen LogP contribution in [0.1, 0.15) is 20.3 Å².